The quantitative estimate of drug-likeness (QED) is 0.891. The molecule has 0 aliphatic rings. The van der Waals surface area contributed by atoms with Crippen LogP contribution in [0.3, 0.4) is 0 Å². The van der Waals surface area contributed by atoms with Crippen LogP contribution >= 0.6 is 11.3 Å². The number of nitrogens with one attached hydrogen (secondary N) is 2. The number of anilines is 1. The first kappa shape index (κ1) is 15.2. The molecule has 0 bridgehead atoms. The fourth-order valence-electron chi connectivity index (χ4n) is 1.90. The second kappa shape index (κ2) is 6.99. The maximum absolute atomic E-state index is 12.1. The number of rotatable bonds is 5. The summed E-state index contributed by atoms with van der Waals surface area (Å²) in [4.78, 5) is 28.4. The van der Waals surface area contributed by atoms with Gasteiger partial charge in [-0.1, -0.05) is 6.07 Å². The summed E-state index contributed by atoms with van der Waals surface area (Å²) in [6, 6.07) is 6.87. The van der Waals surface area contributed by atoms with Gasteiger partial charge >= 0.3 is 0 Å². The standard InChI is InChI=1S/C15H17N3O2S/c1-10-14(21-9-17-10)6-7-16-15(20)12-4-3-5-13(8-12)18-11(2)19/h3-5,8-9H,6-7H2,1-2H3,(H,16,20)(H,18,19). The van der Waals surface area contributed by atoms with Crippen molar-refractivity contribution in [1.29, 1.82) is 0 Å². The molecule has 0 saturated carbocycles. The highest BCUT2D eigenvalue weighted by molar-refractivity contribution is 7.09. The Morgan fingerprint density at radius 2 is 2.14 bits per heavy atom. The van der Waals surface area contributed by atoms with E-state index in [9.17, 15) is 9.59 Å². The van der Waals surface area contributed by atoms with Gasteiger partial charge < -0.3 is 10.6 Å². The lowest BCUT2D eigenvalue weighted by molar-refractivity contribution is -0.114. The lowest BCUT2D eigenvalue weighted by Crippen LogP contribution is -2.25. The van der Waals surface area contributed by atoms with Gasteiger partial charge in [-0.15, -0.1) is 11.3 Å². The predicted molar refractivity (Wildman–Crippen MR) is 83.6 cm³/mol. The van der Waals surface area contributed by atoms with Crippen LogP contribution in [0, 0.1) is 6.92 Å². The first-order chi connectivity index (χ1) is 10.1. The van der Waals surface area contributed by atoms with Gasteiger partial charge in [-0.3, -0.25) is 9.59 Å². The van der Waals surface area contributed by atoms with E-state index in [1.165, 1.54) is 11.8 Å². The number of amides is 2. The fraction of sp³-hybridized carbons (Fsp3) is 0.267. The summed E-state index contributed by atoms with van der Waals surface area (Å²) in [6.07, 6.45) is 0.771. The zero-order valence-electron chi connectivity index (χ0n) is 12.0. The highest BCUT2D eigenvalue weighted by atomic mass is 32.1. The maximum atomic E-state index is 12.1. The summed E-state index contributed by atoms with van der Waals surface area (Å²) in [5.74, 6) is -0.308. The molecular weight excluding hydrogens is 286 g/mol. The van der Waals surface area contributed by atoms with Crippen molar-refractivity contribution < 1.29 is 9.59 Å². The number of carbonyl (C=O) groups is 2. The molecule has 0 radical (unpaired) electrons. The summed E-state index contributed by atoms with van der Waals surface area (Å²) in [6.45, 7) is 3.96. The van der Waals surface area contributed by atoms with E-state index >= 15 is 0 Å². The van der Waals surface area contributed by atoms with E-state index in [2.05, 4.69) is 15.6 Å². The van der Waals surface area contributed by atoms with Gasteiger partial charge in [-0.2, -0.15) is 0 Å². The molecule has 0 saturated heterocycles. The largest absolute Gasteiger partial charge is 0.352 e. The molecule has 0 spiro atoms. The van der Waals surface area contributed by atoms with Crippen LogP contribution in [0.5, 0.6) is 0 Å². The number of thiazole rings is 1. The molecule has 1 aromatic heterocycles. The van der Waals surface area contributed by atoms with Crippen molar-refractivity contribution in [3.05, 3.63) is 45.9 Å². The SMILES string of the molecule is CC(=O)Nc1cccc(C(=O)NCCc2scnc2C)c1. The van der Waals surface area contributed by atoms with Crippen LogP contribution < -0.4 is 10.6 Å². The van der Waals surface area contributed by atoms with Crippen LogP contribution in [0.1, 0.15) is 27.9 Å². The van der Waals surface area contributed by atoms with Crippen molar-refractivity contribution in [2.24, 2.45) is 0 Å². The zero-order valence-corrected chi connectivity index (χ0v) is 12.8. The van der Waals surface area contributed by atoms with E-state index in [4.69, 9.17) is 0 Å². The van der Waals surface area contributed by atoms with E-state index in [-0.39, 0.29) is 11.8 Å². The van der Waals surface area contributed by atoms with Crippen LogP contribution in [0.2, 0.25) is 0 Å². The van der Waals surface area contributed by atoms with E-state index in [1.807, 2.05) is 12.4 Å². The van der Waals surface area contributed by atoms with Crippen molar-refractivity contribution in [1.82, 2.24) is 10.3 Å². The number of benzene rings is 1. The third-order valence-corrected chi connectivity index (χ3v) is 3.92. The molecule has 0 aliphatic carbocycles. The highest BCUT2D eigenvalue weighted by Gasteiger charge is 2.07. The Morgan fingerprint density at radius 3 is 2.81 bits per heavy atom. The van der Waals surface area contributed by atoms with Crippen molar-refractivity contribution in [2.75, 3.05) is 11.9 Å². The van der Waals surface area contributed by atoms with Gasteiger partial charge in [0.1, 0.15) is 0 Å². The van der Waals surface area contributed by atoms with Crippen LogP contribution in [-0.2, 0) is 11.2 Å². The van der Waals surface area contributed by atoms with Gasteiger partial charge in [0, 0.05) is 36.0 Å². The minimum Gasteiger partial charge on any atom is -0.352 e. The molecule has 1 heterocycles. The number of hydrogen-bond acceptors (Lipinski definition) is 4. The maximum Gasteiger partial charge on any atom is 0.251 e. The molecule has 2 aromatic rings. The van der Waals surface area contributed by atoms with Crippen molar-refractivity contribution in [3.8, 4) is 0 Å². The predicted octanol–water partition coefficient (Wildman–Crippen LogP) is 2.38. The van der Waals surface area contributed by atoms with Crippen LogP contribution in [0.25, 0.3) is 0 Å². The Morgan fingerprint density at radius 1 is 1.33 bits per heavy atom. The Kier molecular flexibility index (Phi) is 5.05. The molecule has 0 unspecified atom stereocenters. The summed E-state index contributed by atoms with van der Waals surface area (Å²) in [5.41, 5.74) is 3.97. The summed E-state index contributed by atoms with van der Waals surface area (Å²) in [7, 11) is 0. The average molecular weight is 303 g/mol. The van der Waals surface area contributed by atoms with Gasteiger partial charge in [-0.25, -0.2) is 4.98 Å². The highest BCUT2D eigenvalue weighted by Crippen LogP contribution is 2.13. The molecule has 110 valence electrons. The van der Waals surface area contributed by atoms with Gasteiger partial charge in [0.05, 0.1) is 11.2 Å². The normalized spacial score (nSPS) is 10.2. The molecule has 1 aromatic carbocycles. The molecule has 0 fully saturated rings. The minimum atomic E-state index is -0.159. The number of hydrogen-bond donors (Lipinski definition) is 2. The third kappa shape index (κ3) is 4.39. The third-order valence-electron chi connectivity index (χ3n) is 2.93. The Balaban J connectivity index is 1.91. The fourth-order valence-corrected chi connectivity index (χ4v) is 2.68. The first-order valence-corrected chi connectivity index (χ1v) is 7.49. The van der Waals surface area contributed by atoms with Gasteiger partial charge in [0.15, 0.2) is 0 Å². The number of nitrogens with zero attached hydrogens (tertiary/aromatic N) is 1. The van der Waals surface area contributed by atoms with E-state index in [1.54, 1.807) is 35.6 Å². The molecule has 5 nitrogen and oxygen atoms in total. The van der Waals surface area contributed by atoms with Crippen LogP contribution in [0.4, 0.5) is 5.69 Å². The molecule has 0 aliphatic heterocycles. The molecule has 2 N–H and O–H groups in total. The van der Waals surface area contributed by atoms with Gasteiger partial charge in [0.25, 0.3) is 5.91 Å². The lowest BCUT2D eigenvalue weighted by atomic mass is 10.2. The zero-order chi connectivity index (χ0) is 15.2. The average Bonchev–Trinajstić information content (AvgIpc) is 2.84. The Labute approximate surface area is 127 Å². The van der Waals surface area contributed by atoms with E-state index in [0.29, 0.717) is 17.8 Å². The van der Waals surface area contributed by atoms with Crippen molar-refractivity contribution in [2.45, 2.75) is 20.3 Å². The summed E-state index contributed by atoms with van der Waals surface area (Å²) in [5, 5.41) is 5.53. The smallest absolute Gasteiger partial charge is 0.251 e. The Hall–Kier alpha value is -2.21. The molecule has 0 atom stereocenters. The number of aromatic nitrogens is 1. The lowest BCUT2D eigenvalue weighted by Gasteiger charge is -2.07. The van der Waals surface area contributed by atoms with Crippen LogP contribution in [-0.4, -0.2) is 23.3 Å². The van der Waals surface area contributed by atoms with E-state index < -0.39 is 0 Å². The Bertz CT molecular complexity index is 652. The monoisotopic (exact) mass is 303 g/mol. The van der Waals surface area contributed by atoms with Crippen molar-refractivity contribution in [3.63, 3.8) is 0 Å². The second-order valence-corrected chi connectivity index (χ2v) is 5.57. The number of carbonyl (C=O) groups excluding carboxylic acids is 2. The topological polar surface area (TPSA) is 71.1 Å². The van der Waals surface area contributed by atoms with Gasteiger partial charge in [-0.05, 0) is 25.1 Å². The molecule has 6 heteroatoms. The van der Waals surface area contributed by atoms with E-state index in [0.717, 1.165) is 12.1 Å². The minimum absolute atomic E-state index is 0.149. The molecule has 2 amide bonds. The van der Waals surface area contributed by atoms with Crippen LogP contribution in [0.15, 0.2) is 29.8 Å². The summed E-state index contributed by atoms with van der Waals surface area (Å²) >= 11 is 1.60. The van der Waals surface area contributed by atoms with Crippen molar-refractivity contribution >= 4 is 28.8 Å². The number of aryl methyl sites for hydroxylation is 1. The first-order valence-electron chi connectivity index (χ1n) is 6.61. The summed E-state index contributed by atoms with van der Waals surface area (Å²) < 4.78 is 0. The molecule has 21 heavy (non-hydrogen) atoms. The molecule has 2 rings (SSSR count). The molecular formula is C15H17N3O2S. The van der Waals surface area contributed by atoms with Gasteiger partial charge in [0.2, 0.25) is 5.91 Å². The second-order valence-electron chi connectivity index (χ2n) is 4.63.